The Hall–Kier alpha value is -1.07. The van der Waals surface area contributed by atoms with Gasteiger partial charge in [-0.15, -0.1) is 0 Å². The molecular weight excluding hydrogens is 298 g/mol. The topological polar surface area (TPSA) is 44.5 Å². The number of fused-ring (bicyclic) bond motifs is 1. The zero-order valence-corrected chi connectivity index (χ0v) is 12.1. The van der Waals surface area contributed by atoms with Gasteiger partial charge in [-0.05, 0) is 23.4 Å². The van der Waals surface area contributed by atoms with Crippen LogP contribution in [0.1, 0.15) is 20.3 Å². The number of rotatable bonds is 3. The van der Waals surface area contributed by atoms with Crippen LogP contribution >= 0.6 is 15.9 Å². The number of ether oxygens (including phenoxy) is 2. The summed E-state index contributed by atoms with van der Waals surface area (Å²) in [5, 5.41) is 4.78. The minimum absolute atomic E-state index is 0.207. The molecule has 5 heteroatoms. The lowest BCUT2D eigenvalue weighted by Gasteiger charge is -2.25. The molecule has 18 heavy (non-hydrogen) atoms. The predicted octanol–water partition coefficient (Wildman–Crippen LogP) is 3.78. The van der Waals surface area contributed by atoms with E-state index >= 15 is 0 Å². The zero-order chi connectivity index (χ0) is 13.0. The summed E-state index contributed by atoms with van der Waals surface area (Å²) < 4.78 is 17.0. The number of hydrogen-bond acceptors (Lipinski definition) is 4. The monoisotopic (exact) mass is 313 g/mol. The van der Waals surface area contributed by atoms with Crippen LogP contribution in [0.25, 0.3) is 11.0 Å². The number of hydrogen-bond donors (Lipinski definition) is 0. The van der Waals surface area contributed by atoms with Gasteiger partial charge in [0.25, 0.3) is 5.88 Å². The lowest BCUT2D eigenvalue weighted by atomic mass is 10.2. The molecule has 0 aliphatic carbocycles. The molecule has 0 amide bonds. The molecule has 4 nitrogen and oxygen atoms in total. The standard InChI is InChI=1S/C11H10BrNO3.C2H6/c12-7-1-2-10-9(5-7)11(13-16-10)15-6-8-3-4-14-8;1-2/h1-2,5,8H,3-4,6H2;1-2H3. The molecule has 98 valence electrons. The zero-order valence-electron chi connectivity index (χ0n) is 10.5. The third-order valence-corrected chi connectivity index (χ3v) is 3.09. The summed E-state index contributed by atoms with van der Waals surface area (Å²) in [5.74, 6) is 0.534. The summed E-state index contributed by atoms with van der Waals surface area (Å²) >= 11 is 3.41. The van der Waals surface area contributed by atoms with Gasteiger partial charge in [-0.2, -0.15) is 0 Å². The Morgan fingerprint density at radius 2 is 2.22 bits per heavy atom. The molecule has 1 fully saturated rings. The van der Waals surface area contributed by atoms with Crippen molar-refractivity contribution in [3.8, 4) is 5.88 Å². The number of benzene rings is 1. The van der Waals surface area contributed by atoms with E-state index in [2.05, 4.69) is 21.1 Å². The third kappa shape index (κ3) is 2.84. The van der Waals surface area contributed by atoms with E-state index in [0.29, 0.717) is 12.5 Å². The first-order chi connectivity index (χ1) is 8.83. The summed E-state index contributed by atoms with van der Waals surface area (Å²) in [4.78, 5) is 0. The first-order valence-corrected chi connectivity index (χ1v) is 6.91. The van der Waals surface area contributed by atoms with Crippen molar-refractivity contribution < 1.29 is 14.0 Å². The van der Waals surface area contributed by atoms with Gasteiger partial charge in [0.2, 0.25) is 0 Å². The van der Waals surface area contributed by atoms with Gasteiger partial charge in [-0.1, -0.05) is 29.8 Å². The number of halogens is 1. The Balaban J connectivity index is 0.000000574. The molecule has 0 bridgehead atoms. The van der Waals surface area contributed by atoms with Crippen molar-refractivity contribution >= 4 is 26.9 Å². The lowest BCUT2D eigenvalue weighted by molar-refractivity contribution is -0.0728. The van der Waals surface area contributed by atoms with Gasteiger partial charge in [-0.25, -0.2) is 0 Å². The fourth-order valence-corrected chi connectivity index (χ4v) is 1.94. The normalized spacial score (nSPS) is 17.8. The second-order valence-electron chi connectivity index (χ2n) is 3.72. The van der Waals surface area contributed by atoms with Crippen LogP contribution in [0.4, 0.5) is 0 Å². The van der Waals surface area contributed by atoms with E-state index in [1.165, 1.54) is 0 Å². The van der Waals surface area contributed by atoms with E-state index in [1.807, 2.05) is 32.0 Å². The van der Waals surface area contributed by atoms with Crippen LogP contribution in [-0.4, -0.2) is 24.5 Å². The first kappa shape index (κ1) is 13.4. The van der Waals surface area contributed by atoms with Crippen molar-refractivity contribution in [3.05, 3.63) is 22.7 Å². The van der Waals surface area contributed by atoms with E-state index < -0.39 is 0 Å². The highest BCUT2D eigenvalue weighted by Gasteiger charge is 2.20. The van der Waals surface area contributed by atoms with Gasteiger partial charge < -0.3 is 14.0 Å². The van der Waals surface area contributed by atoms with Crippen LogP contribution in [0.15, 0.2) is 27.2 Å². The van der Waals surface area contributed by atoms with E-state index in [4.69, 9.17) is 14.0 Å². The third-order valence-electron chi connectivity index (χ3n) is 2.60. The molecule has 1 atom stereocenters. The van der Waals surface area contributed by atoms with Crippen molar-refractivity contribution in [3.63, 3.8) is 0 Å². The van der Waals surface area contributed by atoms with Crippen molar-refractivity contribution in [1.82, 2.24) is 5.16 Å². The molecule has 0 saturated carbocycles. The van der Waals surface area contributed by atoms with E-state index in [0.717, 1.165) is 28.5 Å². The molecule has 3 rings (SSSR count). The van der Waals surface area contributed by atoms with Crippen LogP contribution in [-0.2, 0) is 4.74 Å². The second kappa shape index (κ2) is 6.20. The fourth-order valence-electron chi connectivity index (χ4n) is 1.58. The highest BCUT2D eigenvalue weighted by Crippen LogP contribution is 2.28. The SMILES string of the molecule is Brc1ccc2onc(OCC3CCO3)c2c1.CC. The maximum Gasteiger partial charge on any atom is 0.262 e. The molecule has 0 spiro atoms. The molecule has 1 aliphatic rings. The molecule has 1 aromatic carbocycles. The van der Waals surface area contributed by atoms with Crippen molar-refractivity contribution in [2.75, 3.05) is 13.2 Å². The highest BCUT2D eigenvalue weighted by molar-refractivity contribution is 9.10. The van der Waals surface area contributed by atoms with Gasteiger partial charge in [0.15, 0.2) is 5.58 Å². The number of aromatic nitrogens is 1. The molecule has 1 aromatic heterocycles. The summed E-state index contributed by atoms with van der Waals surface area (Å²) in [6.07, 6.45) is 1.26. The average molecular weight is 314 g/mol. The average Bonchev–Trinajstić information content (AvgIpc) is 2.73. The van der Waals surface area contributed by atoms with E-state index in [1.54, 1.807) is 0 Å². The minimum atomic E-state index is 0.207. The van der Waals surface area contributed by atoms with Crippen LogP contribution in [0.3, 0.4) is 0 Å². The van der Waals surface area contributed by atoms with Crippen molar-refractivity contribution in [2.45, 2.75) is 26.4 Å². The highest BCUT2D eigenvalue weighted by atomic mass is 79.9. The van der Waals surface area contributed by atoms with E-state index in [9.17, 15) is 0 Å². The van der Waals surface area contributed by atoms with Crippen LogP contribution in [0.2, 0.25) is 0 Å². The van der Waals surface area contributed by atoms with E-state index in [-0.39, 0.29) is 6.10 Å². The molecule has 0 radical (unpaired) electrons. The largest absolute Gasteiger partial charge is 0.472 e. The van der Waals surface area contributed by atoms with Gasteiger partial charge in [0.05, 0.1) is 11.5 Å². The lowest BCUT2D eigenvalue weighted by Crippen LogP contribution is -2.32. The predicted molar refractivity (Wildman–Crippen MR) is 72.9 cm³/mol. The summed E-state index contributed by atoms with van der Waals surface area (Å²) in [7, 11) is 0. The Bertz CT molecular complexity index is 508. The van der Waals surface area contributed by atoms with Gasteiger partial charge in [0, 0.05) is 17.5 Å². The quantitative estimate of drug-likeness (QED) is 0.865. The van der Waals surface area contributed by atoms with Crippen LogP contribution < -0.4 is 4.74 Å². The Morgan fingerprint density at radius 1 is 1.44 bits per heavy atom. The molecule has 2 heterocycles. The van der Waals surface area contributed by atoms with Crippen molar-refractivity contribution in [2.24, 2.45) is 0 Å². The van der Waals surface area contributed by atoms with Crippen molar-refractivity contribution in [1.29, 1.82) is 0 Å². The fraction of sp³-hybridized carbons (Fsp3) is 0.462. The number of nitrogens with zero attached hydrogens (tertiary/aromatic N) is 1. The summed E-state index contributed by atoms with van der Waals surface area (Å²) in [6.45, 7) is 5.37. The molecule has 1 unspecified atom stereocenters. The summed E-state index contributed by atoms with van der Waals surface area (Å²) in [5.41, 5.74) is 0.729. The second-order valence-corrected chi connectivity index (χ2v) is 4.64. The first-order valence-electron chi connectivity index (χ1n) is 6.12. The summed E-state index contributed by atoms with van der Waals surface area (Å²) in [6, 6.07) is 5.70. The molecule has 0 N–H and O–H groups in total. The Morgan fingerprint density at radius 3 is 2.89 bits per heavy atom. The maximum absolute atomic E-state index is 5.57. The Labute approximate surface area is 114 Å². The molecular formula is C13H16BrNO3. The smallest absolute Gasteiger partial charge is 0.262 e. The molecule has 2 aromatic rings. The maximum atomic E-state index is 5.57. The Kier molecular flexibility index (Phi) is 4.60. The van der Waals surface area contributed by atoms with Gasteiger partial charge in [-0.3, -0.25) is 0 Å². The minimum Gasteiger partial charge on any atom is -0.472 e. The molecule has 1 aliphatic heterocycles. The molecule has 1 saturated heterocycles. The van der Waals surface area contributed by atoms with Crippen LogP contribution in [0.5, 0.6) is 5.88 Å². The van der Waals surface area contributed by atoms with Crippen LogP contribution in [0, 0.1) is 0 Å². The van der Waals surface area contributed by atoms with Gasteiger partial charge >= 0.3 is 0 Å². The van der Waals surface area contributed by atoms with Gasteiger partial charge in [0.1, 0.15) is 6.61 Å².